The van der Waals surface area contributed by atoms with E-state index in [4.69, 9.17) is 9.47 Å². The molecule has 1 aromatic carbocycles. The third kappa shape index (κ3) is 3.62. The van der Waals surface area contributed by atoms with Crippen LogP contribution in [0.25, 0.3) is 21.9 Å². The minimum atomic E-state index is 0.610. The third-order valence-electron chi connectivity index (χ3n) is 5.17. The first kappa shape index (κ1) is 17.9. The highest BCUT2D eigenvalue weighted by atomic mass is 16.5. The first-order valence-corrected chi connectivity index (χ1v) is 9.74. The van der Waals surface area contributed by atoms with Crippen molar-refractivity contribution in [2.45, 2.75) is 0 Å². The van der Waals surface area contributed by atoms with Gasteiger partial charge in [0.25, 0.3) is 0 Å². The average molecular weight is 393 g/mol. The molecule has 1 saturated heterocycles. The van der Waals surface area contributed by atoms with E-state index in [1.807, 2.05) is 36.0 Å². The maximum absolute atomic E-state index is 5.99. The highest BCUT2D eigenvalue weighted by Crippen LogP contribution is 2.29. The van der Waals surface area contributed by atoms with E-state index in [1.54, 1.807) is 6.20 Å². The fraction of sp³-hybridized carbons (Fsp3) is 0.350. The Morgan fingerprint density at radius 2 is 2.10 bits per heavy atom. The van der Waals surface area contributed by atoms with Gasteiger partial charge in [-0.1, -0.05) is 0 Å². The molecule has 150 valence electrons. The minimum Gasteiger partial charge on any atom is -0.475 e. The molecule has 0 aliphatic carbocycles. The van der Waals surface area contributed by atoms with Crippen LogP contribution in [0, 0.1) is 0 Å². The monoisotopic (exact) mass is 393 g/mol. The van der Waals surface area contributed by atoms with Crippen molar-refractivity contribution in [3.05, 3.63) is 36.5 Å². The van der Waals surface area contributed by atoms with Gasteiger partial charge in [-0.25, -0.2) is 4.98 Å². The number of aromatic amines is 1. The van der Waals surface area contributed by atoms with Gasteiger partial charge >= 0.3 is 0 Å². The summed E-state index contributed by atoms with van der Waals surface area (Å²) in [6.45, 7) is 4.99. The van der Waals surface area contributed by atoms with Gasteiger partial charge in [-0.15, -0.1) is 5.10 Å². The van der Waals surface area contributed by atoms with Gasteiger partial charge < -0.3 is 14.8 Å². The van der Waals surface area contributed by atoms with Crippen LogP contribution in [0.5, 0.6) is 5.88 Å². The molecule has 1 fully saturated rings. The van der Waals surface area contributed by atoms with Crippen LogP contribution < -0.4 is 10.1 Å². The Balaban J connectivity index is 1.32. The van der Waals surface area contributed by atoms with E-state index >= 15 is 0 Å². The Kier molecular flexibility index (Phi) is 4.74. The summed E-state index contributed by atoms with van der Waals surface area (Å²) in [6, 6.07) is 9.98. The first-order valence-electron chi connectivity index (χ1n) is 9.74. The number of nitrogens with zero attached hydrogens (tertiary/aromatic N) is 5. The number of hydrogen-bond acceptors (Lipinski definition) is 7. The van der Waals surface area contributed by atoms with Crippen LogP contribution in [0.4, 0.5) is 11.5 Å². The molecule has 9 heteroatoms. The van der Waals surface area contributed by atoms with Gasteiger partial charge in [0.05, 0.1) is 29.5 Å². The van der Waals surface area contributed by atoms with Gasteiger partial charge in [0.1, 0.15) is 12.4 Å². The topological polar surface area (TPSA) is 93.1 Å². The molecule has 1 aliphatic rings. The number of rotatable bonds is 6. The molecule has 9 nitrogen and oxygen atoms in total. The number of H-pyrrole nitrogens is 1. The molecule has 0 amide bonds. The largest absolute Gasteiger partial charge is 0.475 e. The van der Waals surface area contributed by atoms with E-state index in [-0.39, 0.29) is 0 Å². The second-order valence-electron chi connectivity index (χ2n) is 7.06. The zero-order valence-electron chi connectivity index (χ0n) is 16.3. The molecular formula is C20H23N7O2. The highest BCUT2D eigenvalue weighted by molar-refractivity contribution is 5.92. The number of fused-ring (bicyclic) bond motifs is 2. The molecule has 0 saturated carbocycles. The van der Waals surface area contributed by atoms with Crippen LogP contribution in [0.3, 0.4) is 0 Å². The predicted octanol–water partition coefficient (Wildman–Crippen LogP) is 2.30. The normalized spacial score (nSPS) is 15.2. The number of nitrogens with one attached hydrogen (secondary N) is 2. The zero-order valence-corrected chi connectivity index (χ0v) is 16.3. The Hall–Kier alpha value is -3.17. The lowest BCUT2D eigenvalue weighted by molar-refractivity contribution is 0.0320. The Morgan fingerprint density at radius 1 is 1.21 bits per heavy atom. The molecule has 0 spiro atoms. The number of morpholine rings is 1. The summed E-state index contributed by atoms with van der Waals surface area (Å²) in [7, 11) is 1.93. The number of ether oxygens (including phenoxy) is 2. The lowest BCUT2D eigenvalue weighted by Crippen LogP contribution is -2.38. The summed E-state index contributed by atoms with van der Waals surface area (Å²) < 4.78 is 13.2. The summed E-state index contributed by atoms with van der Waals surface area (Å²) in [5.74, 6) is 1.48. The van der Waals surface area contributed by atoms with Gasteiger partial charge in [0.2, 0.25) is 5.88 Å². The molecule has 5 rings (SSSR count). The van der Waals surface area contributed by atoms with Crippen molar-refractivity contribution < 1.29 is 9.47 Å². The van der Waals surface area contributed by atoms with Crippen molar-refractivity contribution >= 4 is 33.4 Å². The Bertz CT molecular complexity index is 1130. The van der Waals surface area contributed by atoms with Crippen LogP contribution in [-0.2, 0) is 11.8 Å². The molecule has 0 atom stereocenters. The van der Waals surface area contributed by atoms with Gasteiger partial charge in [0, 0.05) is 38.6 Å². The van der Waals surface area contributed by atoms with Gasteiger partial charge in [-0.2, -0.15) is 5.10 Å². The van der Waals surface area contributed by atoms with Crippen LogP contribution >= 0.6 is 0 Å². The zero-order chi connectivity index (χ0) is 19.6. The number of pyridine rings is 1. The fourth-order valence-electron chi connectivity index (χ4n) is 3.59. The summed E-state index contributed by atoms with van der Waals surface area (Å²) in [6.07, 6.45) is 1.73. The molecule has 3 aromatic heterocycles. The van der Waals surface area contributed by atoms with Gasteiger partial charge in [-0.3, -0.25) is 14.7 Å². The van der Waals surface area contributed by atoms with Crippen molar-refractivity contribution in [3.63, 3.8) is 0 Å². The summed E-state index contributed by atoms with van der Waals surface area (Å²) >= 11 is 0. The van der Waals surface area contributed by atoms with Gasteiger partial charge in [-0.05, 0) is 30.3 Å². The molecule has 4 heterocycles. The van der Waals surface area contributed by atoms with Crippen LogP contribution in [0.15, 0.2) is 36.5 Å². The lowest BCUT2D eigenvalue weighted by Gasteiger charge is -2.26. The highest BCUT2D eigenvalue weighted by Gasteiger charge is 2.14. The van der Waals surface area contributed by atoms with Crippen molar-refractivity contribution in [2.75, 3.05) is 44.8 Å². The molecular weight excluding hydrogens is 370 g/mol. The second kappa shape index (κ2) is 7.69. The third-order valence-corrected chi connectivity index (χ3v) is 5.17. The SMILES string of the molecule is Cn1nc(OCCN2CCOCC2)c2ccc(Nc3[nH]nc4ncccc34)cc21. The molecule has 0 radical (unpaired) electrons. The van der Waals surface area contributed by atoms with Crippen molar-refractivity contribution in [3.8, 4) is 5.88 Å². The molecule has 0 bridgehead atoms. The van der Waals surface area contributed by atoms with E-state index in [2.05, 4.69) is 36.6 Å². The molecule has 0 unspecified atom stereocenters. The molecule has 2 N–H and O–H groups in total. The Labute approximate surface area is 167 Å². The van der Waals surface area contributed by atoms with Crippen LogP contribution in [0.1, 0.15) is 0 Å². The predicted molar refractivity (Wildman–Crippen MR) is 111 cm³/mol. The smallest absolute Gasteiger partial charge is 0.240 e. The van der Waals surface area contributed by atoms with E-state index in [0.29, 0.717) is 18.1 Å². The number of aryl methyl sites for hydroxylation is 1. The first-order chi connectivity index (χ1) is 14.3. The number of benzene rings is 1. The van der Waals surface area contributed by atoms with Crippen molar-refractivity contribution in [1.82, 2.24) is 29.9 Å². The maximum Gasteiger partial charge on any atom is 0.240 e. The Morgan fingerprint density at radius 3 is 3.00 bits per heavy atom. The van der Waals surface area contributed by atoms with Crippen molar-refractivity contribution in [1.29, 1.82) is 0 Å². The summed E-state index contributed by atoms with van der Waals surface area (Å²) in [5, 5.41) is 17.1. The van der Waals surface area contributed by atoms with E-state index in [1.165, 1.54) is 0 Å². The van der Waals surface area contributed by atoms with E-state index < -0.39 is 0 Å². The molecule has 1 aliphatic heterocycles. The van der Waals surface area contributed by atoms with Gasteiger partial charge in [0.15, 0.2) is 5.65 Å². The van der Waals surface area contributed by atoms with Crippen LogP contribution in [-0.4, -0.2) is 69.3 Å². The number of anilines is 2. The molecule has 4 aromatic rings. The van der Waals surface area contributed by atoms with Crippen molar-refractivity contribution in [2.24, 2.45) is 7.05 Å². The van der Waals surface area contributed by atoms with E-state index in [0.717, 1.165) is 60.6 Å². The average Bonchev–Trinajstić information content (AvgIpc) is 3.30. The quantitative estimate of drug-likeness (QED) is 0.519. The lowest BCUT2D eigenvalue weighted by atomic mass is 10.2. The number of aromatic nitrogens is 5. The standard InChI is InChI=1S/C20H23N7O2/c1-26-17-13-14(22-19-16-3-2-6-21-18(16)23-24-19)4-5-15(17)20(25-26)29-12-9-27-7-10-28-11-8-27/h2-6,13H,7-12H2,1H3,(H2,21,22,23,24). The summed E-state index contributed by atoms with van der Waals surface area (Å²) in [5.41, 5.74) is 2.63. The van der Waals surface area contributed by atoms with E-state index in [9.17, 15) is 0 Å². The fourth-order valence-corrected chi connectivity index (χ4v) is 3.59. The second-order valence-corrected chi connectivity index (χ2v) is 7.06. The number of hydrogen-bond donors (Lipinski definition) is 2. The maximum atomic E-state index is 5.99. The minimum absolute atomic E-state index is 0.610. The molecule has 29 heavy (non-hydrogen) atoms. The van der Waals surface area contributed by atoms with Crippen LogP contribution in [0.2, 0.25) is 0 Å². The summed E-state index contributed by atoms with van der Waals surface area (Å²) in [4.78, 5) is 6.60.